The van der Waals surface area contributed by atoms with E-state index in [9.17, 15) is 0 Å². The largest absolute Gasteiger partial charge is 0.348 e. The van der Waals surface area contributed by atoms with E-state index in [1.807, 2.05) is 6.92 Å². The van der Waals surface area contributed by atoms with Gasteiger partial charge in [-0.25, -0.2) is 0 Å². The number of ether oxygens (including phenoxy) is 14. The van der Waals surface area contributed by atoms with Crippen LogP contribution in [-0.2, 0) is 66.3 Å². The molecule has 11 fully saturated rings. The van der Waals surface area contributed by atoms with Crippen molar-refractivity contribution in [3.8, 4) is 0 Å². The molecule has 12 N–H and O–H groups in total. The lowest BCUT2D eigenvalue weighted by Crippen LogP contribution is -2.70. The van der Waals surface area contributed by atoms with Crippen molar-refractivity contribution in [2.75, 3.05) is 26.6 Å². The predicted octanol–water partition coefficient (Wildman–Crippen LogP) is 2.38. The first-order valence-electron chi connectivity index (χ1n) is 27.5. The maximum atomic E-state index is 7.24. The molecule has 70 heavy (non-hydrogen) atoms. The smallest absolute Gasteiger partial charge is 0.176 e. The summed E-state index contributed by atoms with van der Waals surface area (Å²) in [7, 11) is 0. The summed E-state index contributed by atoms with van der Waals surface area (Å²) in [6.07, 6.45) is 12.5. The third-order valence-corrected chi connectivity index (χ3v) is 18.0. The molecule has 4 spiro atoms. The van der Waals surface area contributed by atoms with Gasteiger partial charge in [-0.1, -0.05) is 25.7 Å². The monoisotopic (exact) mass is 995 g/mol. The van der Waals surface area contributed by atoms with Gasteiger partial charge in [-0.05, 0) is 71.1 Å². The van der Waals surface area contributed by atoms with Gasteiger partial charge in [-0.2, -0.15) is 0 Å². The predicted molar refractivity (Wildman–Crippen MR) is 250 cm³/mol. The van der Waals surface area contributed by atoms with E-state index in [-0.39, 0.29) is 37.7 Å². The standard InChI is InChI=1S/C50H86N6O14/c1-28(29(51)22-30(52)33-24-59-47(66-33)14-6-2-7-15-47)62-45-36(55)42(40-34(63-45)25-60-48(68-40)16-8-3-9-17-48)57-27-58-43-37(56)46(64-35-26-61-49(69-41(35)43)18-10-4-11-19-49)65-38-31(53)23-32(54)39-44(38)70-50(67-39)20-12-5-13-21-50/h28-46H,2-27,51-56H2,1H3/t28-,29?,30?,31?,32?,33-,34?,35?,36?,37?,38?,39?,40?,41?,42?,43?,44?,45?,46?/m0/s1. The maximum Gasteiger partial charge on any atom is 0.176 e. The fourth-order valence-electron chi connectivity index (χ4n) is 13.8. The van der Waals surface area contributed by atoms with Crippen LogP contribution in [0.4, 0.5) is 0 Å². The summed E-state index contributed by atoms with van der Waals surface area (Å²) < 4.78 is 93.3. The third kappa shape index (κ3) is 10.4. The zero-order valence-electron chi connectivity index (χ0n) is 41.5. The SMILES string of the molecule is C[C@H](OC1OC2COC3(CCCCC3)OC2C(OCOC2C(N)C(OC3C(N)CC(N)C4OC5(CCCCC5)OC34)OC3COC4(CCCCC4)OC32)C1N)C(N)CC(N)[C@@H]1COC2(CCCCC2)O1. The molecule has 400 valence electrons. The molecule has 6 heterocycles. The van der Waals surface area contributed by atoms with Crippen LogP contribution in [0.5, 0.6) is 0 Å². The van der Waals surface area contributed by atoms with Gasteiger partial charge < -0.3 is 101 Å². The number of rotatable bonds is 12. The average molecular weight is 995 g/mol. The lowest BCUT2D eigenvalue weighted by molar-refractivity contribution is -0.402. The van der Waals surface area contributed by atoms with E-state index in [2.05, 4.69) is 0 Å². The molecule has 17 unspecified atom stereocenters. The zero-order valence-corrected chi connectivity index (χ0v) is 41.5. The molecule has 20 heteroatoms. The van der Waals surface area contributed by atoms with Crippen LogP contribution in [0.2, 0.25) is 0 Å². The Morgan fingerprint density at radius 2 is 0.957 bits per heavy atom. The minimum absolute atomic E-state index is 0.201. The molecule has 0 amide bonds. The van der Waals surface area contributed by atoms with Gasteiger partial charge >= 0.3 is 0 Å². The van der Waals surface area contributed by atoms with Gasteiger partial charge in [0.1, 0.15) is 61.7 Å². The second-order valence-electron chi connectivity index (χ2n) is 23.0. The number of nitrogens with two attached hydrogens (primary N) is 6. The van der Waals surface area contributed by atoms with E-state index in [1.165, 1.54) is 6.42 Å². The highest BCUT2D eigenvalue weighted by Crippen LogP contribution is 2.48. The summed E-state index contributed by atoms with van der Waals surface area (Å²) in [4.78, 5) is 0. The molecule has 0 aromatic heterocycles. The van der Waals surface area contributed by atoms with E-state index in [0.717, 1.165) is 122 Å². The lowest BCUT2D eigenvalue weighted by Gasteiger charge is -2.54. The quantitative estimate of drug-likeness (QED) is 0.153. The van der Waals surface area contributed by atoms with Crippen molar-refractivity contribution in [2.45, 2.75) is 287 Å². The number of hydrogen-bond acceptors (Lipinski definition) is 20. The second-order valence-corrected chi connectivity index (χ2v) is 23.0. The lowest BCUT2D eigenvalue weighted by atomic mass is 9.84. The van der Waals surface area contributed by atoms with Crippen molar-refractivity contribution in [3.63, 3.8) is 0 Å². The van der Waals surface area contributed by atoms with Gasteiger partial charge in [0.2, 0.25) is 0 Å². The zero-order chi connectivity index (χ0) is 48.3. The molecule has 11 rings (SSSR count). The Labute approximate surface area is 413 Å². The maximum absolute atomic E-state index is 7.24. The van der Waals surface area contributed by atoms with E-state index < -0.39 is 115 Å². The fraction of sp³-hybridized carbons (Fsp3) is 1.00. The van der Waals surface area contributed by atoms with Gasteiger partial charge in [0.25, 0.3) is 0 Å². The van der Waals surface area contributed by atoms with Crippen LogP contribution in [0.25, 0.3) is 0 Å². The average Bonchev–Trinajstić information content (AvgIpc) is 3.95. The fourth-order valence-corrected chi connectivity index (χ4v) is 13.8. The van der Waals surface area contributed by atoms with Crippen molar-refractivity contribution in [2.24, 2.45) is 34.4 Å². The van der Waals surface area contributed by atoms with Crippen molar-refractivity contribution < 1.29 is 66.3 Å². The van der Waals surface area contributed by atoms with Gasteiger partial charge in [0, 0.05) is 75.5 Å². The molecule has 0 aromatic rings. The summed E-state index contributed by atoms with van der Waals surface area (Å²) in [5.41, 5.74) is 41.5. The first-order chi connectivity index (χ1) is 33.8. The van der Waals surface area contributed by atoms with Crippen molar-refractivity contribution >= 4 is 0 Å². The van der Waals surface area contributed by atoms with Gasteiger partial charge in [-0.15, -0.1) is 0 Å². The van der Waals surface area contributed by atoms with Crippen LogP contribution >= 0.6 is 0 Å². The molecule has 20 nitrogen and oxygen atoms in total. The van der Waals surface area contributed by atoms with Crippen LogP contribution in [0.1, 0.15) is 148 Å². The molecule has 0 radical (unpaired) electrons. The summed E-state index contributed by atoms with van der Waals surface area (Å²) in [5, 5.41) is 0. The second kappa shape index (κ2) is 21.3. The topological polar surface area (TPSA) is 285 Å². The minimum atomic E-state index is -0.950. The van der Waals surface area contributed by atoms with Crippen molar-refractivity contribution in [1.29, 1.82) is 0 Å². The Morgan fingerprint density at radius 3 is 1.51 bits per heavy atom. The number of hydrogen-bond donors (Lipinski definition) is 6. The minimum Gasteiger partial charge on any atom is -0.348 e. The molecule has 0 aromatic carbocycles. The summed E-state index contributed by atoms with van der Waals surface area (Å²) in [6.45, 7) is 2.75. The first-order valence-corrected chi connectivity index (χ1v) is 27.5. The van der Waals surface area contributed by atoms with Crippen LogP contribution in [0, 0.1) is 0 Å². The van der Waals surface area contributed by atoms with Gasteiger partial charge in [0.15, 0.2) is 35.7 Å². The molecular formula is C50H86N6O14. The normalized spacial score (nSPS) is 45.5. The molecule has 5 aliphatic carbocycles. The highest BCUT2D eigenvalue weighted by atomic mass is 16.8. The van der Waals surface area contributed by atoms with Gasteiger partial charge in [0.05, 0.1) is 44.1 Å². The molecular weight excluding hydrogens is 909 g/mol. The summed E-state index contributed by atoms with van der Waals surface area (Å²) in [6, 6.07) is -3.14. The number of fused-ring (bicyclic) bond motifs is 3. The van der Waals surface area contributed by atoms with E-state index in [0.29, 0.717) is 26.1 Å². The Balaban J connectivity index is 0.788. The Hall–Kier alpha value is -0.800. The Bertz CT molecular complexity index is 1720. The third-order valence-electron chi connectivity index (χ3n) is 18.0. The molecule has 11 aliphatic rings. The van der Waals surface area contributed by atoms with E-state index in [1.54, 1.807) is 0 Å². The Morgan fingerprint density at radius 1 is 0.500 bits per heavy atom. The molecule has 5 saturated carbocycles. The van der Waals surface area contributed by atoms with Crippen molar-refractivity contribution in [3.05, 3.63) is 0 Å². The Kier molecular flexibility index (Phi) is 15.6. The highest BCUT2D eigenvalue weighted by Gasteiger charge is 2.60. The first kappa shape index (κ1) is 51.3. The summed E-state index contributed by atoms with van der Waals surface area (Å²) in [5.74, 6) is -2.70. The summed E-state index contributed by atoms with van der Waals surface area (Å²) >= 11 is 0. The van der Waals surface area contributed by atoms with E-state index in [4.69, 9.17) is 101 Å². The van der Waals surface area contributed by atoms with Crippen LogP contribution in [0.3, 0.4) is 0 Å². The molecule has 19 atom stereocenters. The molecule has 6 aliphatic heterocycles. The van der Waals surface area contributed by atoms with Gasteiger partial charge in [-0.3, -0.25) is 0 Å². The van der Waals surface area contributed by atoms with Crippen LogP contribution in [0.15, 0.2) is 0 Å². The molecule has 0 bridgehead atoms. The van der Waals surface area contributed by atoms with E-state index >= 15 is 0 Å². The highest BCUT2D eigenvalue weighted by molar-refractivity contribution is 5.07. The van der Waals surface area contributed by atoms with Crippen LogP contribution < -0.4 is 34.4 Å². The van der Waals surface area contributed by atoms with Crippen LogP contribution in [-0.4, -0.2) is 166 Å². The van der Waals surface area contributed by atoms with Crippen molar-refractivity contribution in [1.82, 2.24) is 0 Å². The molecule has 6 saturated heterocycles.